The maximum absolute atomic E-state index is 13.9. The quantitative estimate of drug-likeness (QED) is 0.802. The molecule has 0 saturated carbocycles. The average molecular weight is 401 g/mol. The summed E-state index contributed by atoms with van der Waals surface area (Å²) in [6, 6.07) is 5.89. The van der Waals surface area contributed by atoms with E-state index in [0.29, 0.717) is 55.1 Å². The minimum atomic E-state index is -0.553. The molecule has 0 radical (unpaired) electrons. The van der Waals surface area contributed by atoms with E-state index in [0.717, 1.165) is 0 Å². The molecule has 154 valence electrons. The molecule has 0 atom stereocenters. The number of carbonyl (C=O) groups is 3. The van der Waals surface area contributed by atoms with Crippen LogP contribution in [0.25, 0.3) is 0 Å². The molecule has 1 aromatic carbocycles. The zero-order chi connectivity index (χ0) is 21.1. The molecule has 1 N–H and O–H groups in total. The standard InChI is InChI=1S/C21H24FN3O4/c1-13-17(21(28)29-3)14(2)23-18(13)20(27)25-10-6-9-24(11-12-25)19(26)15-7-4-5-8-16(15)22/h4-5,7-8,23H,6,9-12H2,1-3H3. The Morgan fingerprint density at radius 2 is 1.62 bits per heavy atom. The summed E-state index contributed by atoms with van der Waals surface area (Å²) in [5.41, 5.74) is 1.86. The molecule has 0 bridgehead atoms. The van der Waals surface area contributed by atoms with Crippen molar-refractivity contribution in [3.05, 3.63) is 58.2 Å². The lowest BCUT2D eigenvalue weighted by molar-refractivity contribution is 0.0599. The molecular formula is C21H24FN3O4. The van der Waals surface area contributed by atoms with E-state index >= 15 is 0 Å². The van der Waals surface area contributed by atoms with E-state index in [2.05, 4.69) is 4.98 Å². The molecule has 1 aliphatic heterocycles. The number of halogens is 1. The molecule has 1 aliphatic rings. The van der Waals surface area contributed by atoms with Gasteiger partial charge in [0, 0.05) is 31.9 Å². The molecular weight excluding hydrogens is 377 g/mol. The summed E-state index contributed by atoms with van der Waals surface area (Å²) in [5, 5.41) is 0. The second-order valence-electron chi connectivity index (χ2n) is 7.03. The number of aromatic nitrogens is 1. The third-order valence-corrected chi connectivity index (χ3v) is 5.22. The lowest BCUT2D eigenvalue weighted by Gasteiger charge is -2.22. The molecule has 29 heavy (non-hydrogen) atoms. The van der Waals surface area contributed by atoms with Crippen LogP contribution in [0.15, 0.2) is 24.3 Å². The number of benzene rings is 1. The van der Waals surface area contributed by atoms with Crippen molar-refractivity contribution in [2.24, 2.45) is 0 Å². The Labute approximate surface area is 168 Å². The number of amides is 2. The van der Waals surface area contributed by atoms with Crippen molar-refractivity contribution in [1.29, 1.82) is 0 Å². The third-order valence-electron chi connectivity index (χ3n) is 5.22. The maximum atomic E-state index is 13.9. The van der Waals surface area contributed by atoms with Crippen LogP contribution in [0.5, 0.6) is 0 Å². The number of hydrogen-bond acceptors (Lipinski definition) is 4. The second-order valence-corrected chi connectivity index (χ2v) is 7.03. The van der Waals surface area contributed by atoms with Gasteiger partial charge < -0.3 is 19.5 Å². The molecule has 0 spiro atoms. The number of methoxy groups -OCH3 is 1. The number of nitrogens with one attached hydrogen (secondary N) is 1. The fraction of sp³-hybridized carbons (Fsp3) is 0.381. The van der Waals surface area contributed by atoms with Crippen molar-refractivity contribution in [2.75, 3.05) is 33.3 Å². The van der Waals surface area contributed by atoms with Crippen LogP contribution in [-0.2, 0) is 4.74 Å². The molecule has 0 unspecified atom stereocenters. The summed E-state index contributed by atoms with van der Waals surface area (Å²) in [4.78, 5) is 43.9. The van der Waals surface area contributed by atoms with Crippen molar-refractivity contribution >= 4 is 17.8 Å². The van der Waals surface area contributed by atoms with Crippen molar-refractivity contribution in [3.63, 3.8) is 0 Å². The van der Waals surface area contributed by atoms with Gasteiger partial charge in [0.05, 0.1) is 18.2 Å². The SMILES string of the molecule is COC(=O)c1c(C)[nH]c(C(=O)N2CCCN(C(=O)c3ccccc3F)CC2)c1C. The van der Waals surface area contributed by atoms with Crippen LogP contribution >= 0.6 is 0 Å². The Bertz CT molecular complexity index is 953. The first-order valence-corrected chi connectivity index (χ1v) is 9.45. The van der Waals surface area contributed by atoms with E-state index in [-0.39, 0.29) is 17.4 Å². The lowest BCUT2D eigenvalue weighted by atomic mass is 10.1. The summed E-state index contributed by atoms with van der Waals surface area (Å²) in [5.74, 6) is -1.66. The van der Waals surface area contributed by atoms with Gasteiger partial charge in [0.1, 0.15) is 11.5 Å². The zero-order valence-corrected chi connectivity index (χ0v) is 16.8. The first kappa shape index (κ1) is 20.6. The number of nitrogens with zero attached hydrogens (tertiary/aromatic N) is 2. The highest BCUT2D eigenvalue weighted by molar-refractivity contribution is 6.00. The predicted molar refractivity (Wildman–Crippen MR) is 104 cm³/mol. The summed E-state index contributed by atoms with van der Waals surface area (Å²) >= 11 is 0. The highest BCUT2D eigenvalue weighted by Gasteiger charge is 2.28. The predicted octanol–water partition coefficient (Wildman–Crippen LogP) is 2.55. The van der Waals surface area contributed by atoms with Gasteiger partial charge in [0.15, 0.2) is 0 Å². The number of H-pyrrole nitrogens is 1. The average Bonchev–Trinajstić information content (AvgIpc) is 2.88. The highest BCUT2D eigenvalue weighted by Crippen LogP contribution is 2.21. The lowest BCUT2D eigenvalue weighted by Crippen LogP contribution is -2.38. The van der Waals surface area contributed by atoms with Crippen molar-refractivity contribution < 1.29 is 23.5 Å². The second kappa shape index (κ2) is 8.46. The topological polar surface area (TPSA) is 82.7 Å². The zero-order valence-electron chi connectivity index (χ0n) is 16.8. The first-order valence-electron chi connectivity index (χ1n) is 9.45. The van der Waals surface area contributed by atoms with E-state index in [1.165, 1.54) is 25.3 Å². The Kier molecular flexibility index (Phi) is 6.00. The minimum Gasteiger partial charge on any atom is -0.465 e. The van der Waals surface area contributed by atoms with E-state index in [9.17, 15) is 18.8 Å². The Balaban J connectivity index is 1.74. The van der Waals surface area contributed by atoms with Crippen LogP contribution in [0.2, 0.25) is 0 Å². The number of esters is 1. The highest BCUT2D eigenvalue weighted by atomic mass is 19.1. The Morgan fingerprint density at radius 3 is 2.24 bits per heavy atom. The summed E-state index contributed by atoms with van der Waals surface area (Å²) < 4.78 is 18.7. The van der Waals surface area contributed by atoms with Crippen LogP contribution < -0.4 is 0 Å². The van der Waals surface area contributed by atoms with Crippen molar-refractivity contribution in [1.82, 2.24) is 14.8 Å². The molecule has 3 rings (SSSR count). The van der Waals surface area contributed by atoms with E-state index in [4.69, 9.17) is 4.74 Å². The third kappa shape index (κ3) is 4.01. The molecule has 0 aliphatic carbocycles. The maximum Gasteiger partial charge on any atom is 0.339 e. The number of carbonyl (C=O) groups excluding carboxylic acids is 3. The first-order chi connectivity index (χ1) is 13.8. The normalized spacial score (nSPS) is 14.5. The van der Waals surface area contributed by atoms with E-state index < -0.39 is 11.8 Å². The van der Waals surface area contributed by atoms with Gasteiger partial charge >= 0.3 is 5.97 Å². The smallest absolute Gasteiger partial charge is 0.339 e. The van der Waals surface area contributed by atoms with Crippen molar-refractivity contribution in [2.45, 2.75) is 20.3 Å². The fourth-order valence-corrected chi connectivity index (χ4v) is 3.66. The Hall–Kier alpha value is -3.16. The summed E-state index contributed by atoms with van der Waals surface area (Å²) in [6.45, 7) is 4.95. The van der Waals surface area contributed by atoms with Gasteiger partial charge in [-0.1, -0.05) is 12.1 Å². The number of rotatable bonds is 3. The van der Waals surface area contributed by atoms with Crippen LogP contribution in [-0.4, -0.2) is 65.9 Å². The van der Waals surface area contributed by atoms with Gasteiger partial charge in [-0.05, 0) is 38.0 Å². The minimum absolute atomic E-state index is 0.0332. The van der Waals surface area contributed by atoms with Gasteiger partial charge in [-0.3, -0.25) is 9.59 Å². The molecule has 2 amide bonds. The molecule has 1 fully saturated rings. The van der Waals surface area contributed by atoms with Gasteiger partial charge in [0.2, 0.25) is 0 Å². The van der Waals surface area contributed by atoms with Crippen LogP contribution in [0.4, 0.5) is 4.39 Å². The van der Waals surface area contributed by atoms with Crippen LogP contribution in [0, 0.1) is 19.7 Å². The van der Waals surface area contributed by atoms with Crippen LogP contribution in [0.1, 0.15) is 48.9 Å². The number of aromatic amines is 1. The monoisotopic (exact) mass is 401 g/mol. The Morgan fingerprint density at radius 1 is 1.00 bits per heavy atom. The number of hydrogen-bond donors (Lipinski definition) is 1. The van der Waals surface area contributed by atoms with Gasteiger partial charge in [0.25, 0.3) is 11.8 Å². The van der Waals surface area contributed by atoms with Gasteiger partial charge in [-0.25, -0.2) is 9.18 Å². The molecule has 2 heterocycles. The molecule has 8 heteroatoms. The summed E-state index contributed by atoms with van der Waals surface area (Å²) in [7, 11) is 1.30. The largest absolute Gasteiger partial charge is 0.465 e. The van der Waals surface area contributed by atoms with Crippen LogP contribution in [0.3, 0.4) is 0 Å². The molecule has 1 saturated heterocycles. The summed E-state index contributed by atoms with van der Waals surface area (Å²) in [6.07, 6.45) is 0.578. The molecule has 1 aromatic heterocycles. The van der Waals surface area contributed by atoms with Crippen molar-refractivity contribution in [3.8, 4) is 0 Å². The van der Waals surface area contributed by atoms with E-state index in [1.807, 2.05) is 0 Å². The molecule has 7 nitrogen and oxygen atoms in total. The van der Waals surface area contributed by atoms with E-state index in [1.54, 1.807) is 29.7 Å². The van der Waals surface area contributed by atoms with Gasteiger partial charge in [-0.2, -0.15) is 0 Å². The molecule has 2 aromatic rings. The van der Waals surface area contributed by atoms with Gasteiger partial charge in [-0.15, -0.1) is 0 Å². The fourth-order valence-electron chi connectivity index (χ4n) is 3.66. The number of aryl methyl sites for hydroxylation is 1. The number of ether oxygens (including phenoxy) is 1.